The number of nitrogens with one attached hydrogen (secondary N) is 1. The fraction of sp³-hybridized carbons (Fsp3) is 0.273. The predicted molar refractivity (Wildman–Crippen MR) is 62.2 cm³/mol. The number of nitrogen functional groups attached to an aromatic ring is 1. The van der Waals surface area contributed by atoms with Gasteiger partial charge in [0.25, 0.3) is 0 Å². The Kier molecular flexibility index (Phi) is 3.32. The molecule has 0 unspecified atom stereocenters. The Morgan fingerprint density at radius 3 is 2.63 bits per heavy atom. The third kappa shape index (κ3) is 3.15. The molecule has 102 valence electrons. The summed E-state index contributed by atoms with van der Waals surface area (Å²) in [5.41, 5.74) is 5.15. The Balaban J connectivity index is 2.09. The fourth-order valence-corrected chi connectivity index (χ4v) is 1.48. The van der Waals surface area contributed by atoms with Gasteiger partial charge >= 0.3 is 6.18 Å². The monoisotopic (exact) mass is 272 g/mol. The quantitative estimate of drug-likeness (QED) is 0.840. The molecule has 0 bridgehead atoms. The van der Waals surface area contributed by atoms with Crippen molar-refractivity contribution < 1.29 is 17.7 Å². The molecule has 0 aliphatic rings. The molecule has 1 aromatic heterocycles. The van der Waals surface area contributed by atoms with Crippen LogP contribution in [-0.4, -0.2) is 10.1 Å². The summed E-state index contributed by atoms with van der Waals surface area (Å²) < 4.78 is 42.2. The normalized spacial score (nSPS) is 11.6. The van der Waals surface area contributed by atoms with E-state index in [-0.39, 0.29) is 12.2 Å². The van der Waals surface area contributed by atoms with Crippen LogP contribution in [0.15, 0.2) is 22.7 Å². The van der Waals surface area contributed by atoms with Crippen LogP contribution in [-0.2, 0) is 12.7 Å². The lowest BCUT2D eigenvalue weighted by atomic mass is 10.1. The van der Waals surface area contributed by atoms with Gasteiger partial charge in [0.2, 0.25) is 5.89 Å². The van der Waals surface area contributed by atoms with Crippen molar-refractivity contribution in [3.63, 3.8) is 0 Å². The molecule has 8 heteroatoms. The molecule has 0 aliphatic heterocycles. The minimum Gasteiger partial charge on any atom is -0.397 e. The highest BCUT2D eigenvalue weighted by atomic mass is 19.4. The molecule has 19 heavy (non-hydrogen) atoms. The Morgan fingerprint density at radius 2 is 2.11 bits per heavy atom. The van der Waals surface area contributed by atoms with Crippen LogP contribution in [0.3, 0.4) is 0 Å². The largest absolute Gasteiger partial charge is 0.416 e. The number of hydrogen-bond donors (Lipinski definition) is 2. The molecule has 1 heterocycles. The second-order valence-corrected chi connectivity index (χ2v) is 3.89. The van der Waals surface area contributed by atoms with Crippen molar-refractivity contribution in [2.45, 2.75) is 19.6 Å². The molecule has 3 N–H and O–H groups in total. The number of rotatable bonds is 3. The summed E-state index contributed by atoms with van der Waals surface area (Å²) in [5.74, 6) is 0.814. The molecule has 0 saturated heterocycles. The van der Waals surface area contributed by atoms with Gasteiger partial charge in [-0.15, -0.1) is 0 Å². The number of anilines is 2. The minimum atomic E-state index is -4.41. The number of alkyl halides is 3. The van der Waals surface area contributed by atoms with Crippen LogP contribution in [0.4, 0.5) is 24.5 Å². The van der Waals surface area contributed by atoms with Gasteiger partial charge in [-0.2, -0.15) is 18.2 Å². The van der Waals surface area contributed by atoms with E-state index in [0.717, 1.165) is 12.1 Å². The van der Waals surface area contributed by atoms with Gasteiger partial charge < -0.3 is 15.6 Å². The summed E-state index contributed by atoms with van der Waals surface area (Å²) in [6.45, 7) is 1.86. The molecule has 0 saturated carbocycles. The van der Waals surface area contributed by atoms with E-state index in [1.54, 1.807) is 6.92 Å². The number of nitrogens with zero attached hydrogens (tertiary/aromatic N) is 2. The highest BCUT2D eigenvalue weighted by Gasteiger charge is 2.30. The molecule has 0 atom stereocenters. The summed E-state index contributed by atoms with van der Waals surface area (Å²) in [4.78, 5) is 3.95. The van der Waals surface area contributed by atoms with Gasteiger partial charge in [0.1, 0.15) is 0 Å². The van der Waals surface area contributed by atoms with E-state index >= 15 is 0 Å². The van der Waals surface area contributed by atoms with E-state index in [1.807, 2.05) is 0 Å². The van der Waals surface area contributed by atoms with E-state index in [9.17, 15) is 13.2 Å². The van der Waals surface area contributed by atoms with Crippen molar-refractivity contribution in [1.29, 1.82) is 0 Å². The Morgan fingerprint density at radius 1 is 1.37 bits per heavy atom. The maximum Gasteiger partial charge on any atom is 0.416 e. The summed E-state index contributed by atoms with van der Waals surface area (Å²) in [6, 6.07) is 3.10. The molecule has 5 nitrogen and oxygen atoms in total. The van der Waals surface area contributed by atoms with Crippen molar-refractivity contribution in [2.75, 3.05) is 11.1 Å². The van der Waals surface area contributed by atoms with E-state index < -0.39 is 11.7 Å². The first-order valence-corrected chi connectivity index (χ1v) is 5.36. The highest BCUT2D eigenvalue weighted by Crippen LogP contribution is 2.32. The van der Waals surface area contributed by atoms with Crippen LogP contribution in [0.5, 0.6) is 0 Å². The van der Waals surface area contributed by atoms with Crippen molar-refractivity contribution in [3.05, 3.63) is 35.5 Å². The summed E-state index contributed by atoms with van der Waals surface area (Å²) >= 11 is 0. The van der Waals surface area contributed by atoms with Gasteiger partial charge in [-0.3, -0.25) is 0 Å². The Bertz CT molecular complexity index is 580. The first-order chi connectivity index (χ1) is 8.86. The Hall–Kier alpha value is -2.25. The van der Waals surface area contributed by atoms with E-state index in [4.69, 9.17) is 10.3 Å². The van der Waals surface area contributed by atoms with Gasteiger partial charge in [-0.25, -0.2) is 0 Å². The number of nitrogens with two attached hydrogens (primary N) is 1. The van der Waals surface area contributed by atoms with Crippen LogP contribution in [0.2, 0.25) is 0 Å². The van der Waals surface area contributed by atoms with E-state index in [2.05, 4.69) is 15.5 Å². The number of halogens is 3. The number of benzene rings is 1. The van der Waals surface area contributed by atoms with Crippen LogP contribution >= 0.6 is 0 Å². The lowest BCUT2D eigenvalue weighted by molar-refractivity contribution is -0.137. The minimum absolute atomic E-state index is 0.00561. The number of hydrogen-bond acceptors (Lipinski definition) is 5. The molecule has 0 amide bonds. The van der Waals surface area contributed by atoms with Crippen LogP contribution in [0.1, 0.15) is 17.3 Å². The molecular formula is C11H11F3N4O. The standard InChI is InChI=1S/C11H11F3N4O/c1-6-17-10(19-18-6)5-16-9-3-2-7(4-8(9)15)11(12,13)14/h2-4,16H,5,15H2,1H3. The Labute approximate surface area is 106 Å². The number of aryl methyl sites for hydroxylation is 1. The molecule has 2 aromatic rings. The first-order valence-electron chi connectivity index (χ1n) is 5.36. The third-order valence-corrected chi connectivity index (χ3v) is 2.38. The summed E-state index contributed by atoms with van der Waals surface area (Å²) in [7, 11) is 0. The maximum atomic E-state index is 12.4. The van der Waals surface area contributed by atoms with Gasteiger partial charge in [0.05, 0.1) is 23.5 Å². The molecular weight excluding hydrogens is 261 g/mol. The van der Waals surface area contributed by atoms with Crippen LogP contribution in [0, 0.1) is 6.92 Å². The zero-order valence-electron chi connectivity index (χ0n) is 9.95. The first kappa shape index (κ1) is 13.2. The molecule has 2 rings (SSSR count). The van der Waals surface area contributed by atoms with Crippen molar-refractivity contribution in [2.24, 2.45) is 0 Å². The predicted octanol–water partition coefficient (Wildman–Crippen LogP) is 2.59. The average Bonchev–Trinajstić information content (AvgIpc) is 2.72. The van der Waals surface area contributed by atoms with Crippen molar-refractivity contribution in [1.82, 2.24) is 10.1 Å². The molecule has 0 aliphatic carbocycles. The lowest BCUT2D eigenvalue weighted by Gasteiger charge is -2.11. The zero-order chi connectivity index (χ0) is 14.0. The smallest absolute Gasteiger partial charge is 0.397 e. The van der Waals surface area contributed by atoms with Crippen molar-refractivity contribution >= 4 is 11.4 Å². The second-order valence-electron chi connectivity index (χ2n) is 3.89. The molecule has 1 aromatic carbocycles. The second kappa shape index (κ2) is 4.79. The molecule has 0 fully saturated rings. The summed E-state index contributed by atoms with van der Waals surface area (Å²) in [5, 5.41) is 6.42. The highest BCUT2D eigenvalue weighted by molar-refractivity contribution is 5.67. The lowest BCUT2D eigenvalue weighted by Crippen LogP contribution is -2.08. The molecule has 0 spiro atoms. The zero-order valence-corrected chi connectivity index (χ0v) is 9.95. The average molecular weight is 272 g/mol. The maximum absolute atomic E-state index is 12.4. The fourth-order valence-electron chi connectivity index (χ4n) is 1.48. The van der Waals surface area contributed by atoms with Gasteiger partial charge in [0, 0.05) is 0 Å². The van der Waals surface area contributed by atoms with E-state index in [1.165, 1.54) is 6.07 Å². The van der Waals surface area contributed by atoms with E-state index in [0.29, 0.717) is 17.4 Å². The third-order valence-electron chi connectivity index (χ3n) is 2.38. The van der Waals surface area contributed by atoms with Gasteiger partial charge in [0.15, 0.2) is 5.82 Å². The topological polar surface area (TPSA) is 77.0 Å². The SMILES string of the molecule is Cc1noc(CNc2ccc(C(F)(F)F)cc2N)n1. The van der Waals surface area contributed by atoms with Crippen LogP contribution < -0.4 is 11.1 Å². The van der Waals surface area contributed by atoms with Gasteiger partial charge in [-0.1, -0.05) is 5.16 Å². The van der Waals surface area contributed by atoms with Crippen molar-refractivity contribution in [3.8, 4) is 0 Å². The van der Waals surface area contributed by atoms with Crippen LogP contribution in [0.25, 0.3) is 0 Å². The van der Waals surface area contributed by atoms with Gasteiger partial charge in [-0.05, 0) is 25.1 Å². The number of aromatic nitrogens is 2. The summed E-state index contributed by atoms with van der Waals surface area (Å²) in [6.07, 6.45) is -4.41. The molecule has 0 radical (unpaired) electrons.